The molecule has 0 fully saturated rings. The zero-order valence-electron chi connectivity index (χ0n) is 11.2. The zero-order valence-corrected chi connectivity index (χ0v) is 12.0. The van der Waals surface area contributed by atoms with Gasteiger partial charge in [-0.2, -0.15) is 0 Å². The second-order valence-electron chi connectivity index (χ2n) is 4.67. The van der Waals surface area contributed by atoms with Gasteiger partial charge in [-0.1, -0.05) is 11.6 Å². The van der Waals surface area contributed by atoms with E-state index >= 15 is 0 Å². The number of hydrogen-bond donors (Lipinski definition) is 0. The van der Waals surface area contributed by atoms with E-state index in [0.717, 1.165) is 29.7 Å². The Morgan fingerprint density at radius 1 is 1.47 bits per heavy atom. The first-order valence-electron chi connectivity index (χ1n) is 6.74. The molecule has 0 unspecified atom stereocenters. The first-order chi connectivity index (χ1) is 9.20. The summed E-state index contributed by atoms with van der Waals surface area (Å²) in [4.78, 5) is 11.9. The second-order valence-corrected chi connectivity index (χ2v) is 5.10. The van der Waals surface area contributed by atoms with E-state index in [1.54, 1.807) is 0 Å². The molecule has 0 aromatic heterocycles. The molecule has 1 aliphatic heterocycles. The Morgan fingerprint density at radius 2 is 2.32 bits per heavy atom. The average molecular weight is 283 g/mol. The number of carbonyl (C=O) groups is 1. The molecule has 1 aromatic rings. The van der Waals surface area contributed by atoms with Crippen LogP contribution in [0.4, 0.5) is 0 Å². The molecule has 1 aliphatic rings. The minimum absolute atomic E-state index is 0.208. The van der Waals surface area contributed by atoms with Crippen molar-refractivity contribution in [3.8, 4) is 5.75 Å². The van der Waals surface area contributed by atoms with Gasteiger partial charge in [0.2, 0.25) is 0 Å². The molecule has 104 valence electrons. The maximum absolute atomic E-state index is 11.9. The lowest BCUT2D eigenvalue weighted by molar-refractivity contribution is -0.118. The Labute approximate surface area is 118 Å². The fourth-order valence-electron chi connectivity index (χ4n) is 2.29. The van der Waals surface area contributed by atoms with Crippen molar-refractivity contribution in [3.63, 3.8) is 0 Å². The molecule has 0 saturated carbocycles. The molecular formula is C15H19ClO3. The summed E-state index contributed by atoms with van der Waals surface area (Å²) < 4.78 is 10.8. The summed E-state index contributed by atoms with van der Waals surface area (Å²) in [7, 11) is 0. The lowest BCUT2D eigenvalue weighted by atomic mass is 10.0. The van der Waals surface area contributed by atoms with Crippen LogP contribution in [0, 0.1) is 0 Å². The molecule has 0 bridgehead atoms. The van der Waals surface area contributed by atoms with E-state index in [2.05, 4.69) is 0 Å². The minimum Gasteiger partial charge on any atom is -0.493 e. The highest BCUT2D eigenvalue weighted by Gasteiger charge is 2.19. The van der Waals surface area contributed by atoms with Crippen molar-refractivity contribution < 1.29 is 14.3 Å². The molecule has 0 N–H and O–H groups in total. The van der Waals surface area contributed by atoms with Crippen LogP contribution in [-0.2, 0) is 22.4 Å². The van der Waals surface area contributed by atoms with Crippen molar-refractivity contribution in [2.45, 2.75) is 32.6 Å². The SMILES string of the molecule is CCOCCCC(=O)Cc1cc(Cl)cc2c1OCC2. The second kappa shape index (κ2) is 6.92. The topological polar surface area (TPSA) is 35.5 Å². The summed E-state index contributed by atoms with van der Waals surface area (Å²) in [6.07, 6.45) is 2.59. The highest BCUT2D eigenvalue weighted by molar-refractivity contribution is 6.30. The number of ketones is 1. The van der Waals surface area contributed by atoms with Gasteiger partial charge in [0.05, 0.1) is 6.61 Å². The van der Waals surface area contributed by atoms with E-state index in [-0.39, 0.29) is 5.78 Å². The van der Waals surface area contributed by atoms with Crippen molar-refractivity contribution >= 4 is 17.4 Å². The molecule has 0 saturated heterocycles. The summed E-state index contributed by atoms with van der Waals surface area (Å²) in [5.41, 5.74) is 2.03. The van der Waals surface area contributed by atoms with Gasteiger partial charge in [-0.25, -0.2) is 0 Å². The van der Waals surface area contributed by atoms with Crippen molar-refractivity contribution in [1.82, 2.24) is 0 Å². The average Bonchev–Trinajstić information content (AvgIpc) is 2.82. The quantitative estimate of drug-likeness (QED) is 0.721. The third-order valence-electron chi connectivity index (χ3n) is 3.16. The Kier molecular flexibility index (Phi) is 5.23. The highest BCUT2D eigenvalue weighted by atomic mass is 35.5. The fraction of sp³-hybridized carbons (Fsp3) is 0.533. The van der Waals surface area contributed by atoms with Crippen molar-refractivity contribution in [2.75, 3.05) is 19.8 Å². The van der Waals surface area contributed by atoms with Crippen LogP contribution in [0.5, 0.6) is 5.75 Å². The molecule has 0 aliphatic carbocycles. The minimum atomic E-state index is 0.208. The Bertz CT molecular complexity index is 457. The molecule has 0 radical (unpaired) electrons. The number of fused-ring (bicyclic) bond motifs is 1. The number of carbonyl (C=O) groups excluding carboxylic acids is 1. The molecule has 2 rings (SSSR count). The number of Topliss-reactive ketones (excluding diaryl/α,β-unsaturated/α-hetero) is 1. The van der Waals surface area contributed by atoms with E-state index in [9.17, 15) is 4.79 Å². The van der Waals surface area contributed by atoms with Crippen LogP contribution in [0.3, 0.4) is 0 Å². The monoisotopic (exact) mass is 282 g/mol. The molecule has 0 spiro atoms. The van der Waals surface area contributed by atoms with Gasteiger partial charge in [0, 0.05) is 43.1 Å². The summed E-state index contributed by atoms with van der Waals surface area (Å²) in [5.74, 6) is 1.07. The smallest absolute Gasteiger partial charge is 0.137 e. The molecule has 0 amide bonds. The van der Waals surface area contributed by atoms with E-state index < -0.39 is 0 Å². The molecule has 0 atom stereocenters. The van der Waals surface area contributed by atoms with Gasteiger partial charge in [-0.05, 0) is 31.0 Å². The molecule has 3 nitrogen and oxygen atoms in total. The van der Waals surface area contributed by atoms with Gasteiger partial charge >= 0.3 is 0 Å². The van der Waals surface area contributed by atoms with Gasteiger partial charge in [0.25, 0.3) is 0 Å². The van der Waals surface area contributed by atoms with E-state index in [4.69, 9.17) is 21.1 Å². The lowest BCUT2D eigenvalue weighted by Crippen LogP contribution is -2.06. The molecule has 4 heteroatoms. The number of hydrogen-bond acceptors (Lipinski definition) is 3. The number of benzene rings is 1. The standard InChI is InChI=1S/C15H19ClO3/c1-2-18-6-3-4-14(17)10-12-9-13(16)8-11-5-7-19-15(11)12/h8-9H,2-7,10H2,1H3. The predicted molar refractivity (Wildman–Crippen MR) is 75.1 cm³/mol. The normalized spacial score (nSPS) is 13.2. The van der Waals surface area contributed by atoms with Gasteiger partial charge in [0.15, 0.2) is 0 Å². The summed E-state index contributed by atoms with van der Waals surface area (Å²) >= 11 is 6.07. The fourth-order valence-corrected chi connectivity index (χ4v) is 2.56. The van der Waals surface area contributed by atoms with Crippen LogP contribution in [0.25, 0.3) is 0 Å². The van der Waals surface area contributed by atoms with Crippen LogP contribution in [0.2, 0.25) is 5.02 Å². The molecule has 1 aromatic carbocycles. The van der Waals surface area contributed by atoms with Gasteiger partial charge in [0.1, 0.15) is 11.5 Å². The number of rotatable bonds is 7. The van der Waals surface area contributed by atoms with Crippen molar-refractivity contribution in [1.29, 1.82) is 0 Å². The highest BCUT2D eigenvalue weighted by Crippen LogP contribution is 2.33. The van der Waals surface area contributed by atoms with E-state index in [1.807, 2.05) is 19.1 Å². The summed E-state index contributed by atoms with van der Waals surface area (Å²) in [5, 5.41) is 0.682. The van der Waals surface area contributed by atoms with Gasteiger partial charge < -0.3 is 9.47 Å². The maximum atomic E-state index is 11.9. The number of halogens is 1. The molecule has 1 heterocycles. The summed E-state index contributed by atoms with van der Waals surface area (Å²) in [6.45, 7) is 3.98. The van der Waals surface area contributed by atoms with Crippen molar-refractivity contribution in [2.24, 2.45) is 0 Å². The van der Waals surface area contributed by atoms with Crippen LogP contribution in [0.15, 0.2) is 12.1 Å². The molecular weight excluding hydrogens is 264 g/mol. The molecule has 19 heavy (non-hydrogen) atoms. The van der Waals surface area contributed by atoms with Gasteiger partial charge in [-0.15, -0.1) is 0 Å². The van der Waals surface area contributed by atoms with E-state index in [1.165, 1.54) is 0 Å². The third kappa shape index (κ3) is 3.95. The van der Waals surface area contributed by atoms with Crippen LogP contribution in [0.1, 0.15) is 30.9 Å². The largest absolute Gasteiger partial charge is 0.493 e. The van der Waals surface area contributed by atoms with Gasteiger partial charge in [-0.3, -0.25) is 4.79 Å². The van der Waals surface area contributed by atoms with Crippen molar-refractivity contribution in [3.05, 3.63) is 28.3 Å². The third-order valence-corrected chi connectivity index (χ3v) is 3.38. The van der Waals surface area contributed by atoms with Crippen LogP contribution >= 0.6 is 11.6 Å². The predicted octanol–water partition coefficient (Wildman–Crippen LogP) is 3.20. The number of ether oxygens (including phenoxy) is 2. The Hall–Kier alpha value is -1.06. The lowest BCUT2D eigenvalue weighted by Gasteiger charge is -2.08. The Morgan fingerprint density at radius 3 is 3.11 bits per heavy atom. The summed E-state index contributed by atoms with van der Waals surface area (Å²) in [6, 6.07) is 3.76. The first kappa shape index (κ1) is 14.4. The Balaban J connectivity index is 1.94. The van der Waals surface area contributed by atoms with Crippen LogP contribution < -0.4 is 4.74 Å². The first-order valence-corrected chi connectivity index (χ1v) is 7.12. The van der Waals surface area contributed by atoms with Crippen LogP contribution in [-0.4, -0.2) is 25.6 Å². The van der Waals surface area contributed by atoms with E-state index in [0.29, 0.717) is 37.7 Å². The zero-order chi connectivity index (χ0) is 13.7. The maximum Gasteiger partial charge on any atom is 0.137 e.